The standard InChI is InChI=1S/C10H11FN2O3/c11-7-2-1-5(3-6(7)9(12)15)4-8(14)10(13)16/h1-3,8,14H,4H2,(H2,12,15)(H2,13,16). The second-order valence-electron chi connectivity index (χ2n) is 3.30. The molecule has 5 N–H and O–H groups in total. The quantitative estimate of drug-likeness (QED) is 0.632. The van der Waals surface area contributed by atoms with Crippen LogP contribution in [0.1, 0.15) is 15.9 Å². The number of carbonyl (C=O) groups is 2. The van der Waals surface area contributed by atoms with Crippen LogP contribution >= 0.6 is 0 Å². The van der Waals surface area contributed by atoms with Gasteiger partial charge in [-0.2, -0.15) is 0 Å². The lowest BCUT2D eigenvalue weighted by Gasteiger charge is -2.07. The Morgan fingerprint density at radius 3 is 2.50 bits per heavy atom. The summed E-state index contributed by atoms with van der Waals surface area (Å²) in [5, 5.41) is 9.19. The fraction of sp³-hybridized carbons (Fsp3) is 0.200. The van der Waals surface area contributed by atoms with Crippen LogP contribution < -0.4 is 11.5 Å². The lowest BCUT2D eigenvalue weighted by molar-refractivity contribution is -0.125. The van der Waals surface area contributed by atoms with Crippen LogP contribution in [0.2, 0.25) is 0 Å². The van der Waals surface area contributed by atoms with Gasteiger partial charge in [0.05, 0.1) is 5.56 Å². The van der Waals surface area contributed by atoms with E-state index in [2.05, 4.69) is 0 Å². The smallest absolute Gasteiger partial charge is 0.251 e. The van der Waals surface area contributed by atoms with E-state index in [0.29, 0.717) is 5.56 Å². The molecule has 0 bridgehead atoms. The number of rotatable bonds is 4. The molecule has 0 saturated carbocycles. The molecule has 1 rings (SSSR count). The number of carbonyl (C=O) groups excluding carboxylic acids is 2. The molecule has 0 aromatic heterocycles. The minimum Gasteiger partial charge on any atom is -0.383 e. The van der Waals surface area contributed by atoms with Crippen LogP contribution in [-0.4, -0.2) is 23.0 Å². The monoisotopic (exact) mass is 226 g/mol. The van der Waals surface area contributed by atoms with Crippen molar-refractivity contribution in [3.05, 3.63) is 35.1 Å². The first-order valence-corrected chi connectivity index (χ1v) is 4.47. The van der Waals surface area contributed by atoms with E-state index in [1.165, 1.54) is 12.1 Å². The van der Waals surface area contributed by atoms with Crippen molar-refractivity contribution < 1.29 is 19.1 Å². The normalized spacial score (nSPS) is 12.1. The highest BCUT2D eigenvalue weighted by atomic mass is 19.1. The number of halogens is 1. The SMILES string of the molecule is NC(=O)c1cc(CC(O)C(N)=O)ccc1F. The molecule has 0 saturated heterocycles. The van der Waals surface area contributed by atoms with Gasteiger partial charge >= 0.3 is 0 Å². The highest BCUT2D eigenvalue weighted by Crippen LogP contribution is 2.11. The molecule has 0 fully saturated rings. The van der Waals surface area contributed by atoms with Gasteiger partial charge in [-0.15, -0.1) is 0 Å². The van der Waals surface area contributed by atoms with Crippen LogP contribution in [0.15, 0.2) is 18.2 Å². The molecule has 1 atom stereocenters. The molecule has 0 spiro atoms. The minimum absolute atomic E-state index is 0.0874. The summed E-state index contributed by atoms with van der Waals surface area (Å²) in [4.78, 5) is 21.4. The first-order chi connectivity index (χ1) is 7.41. The topological polar surface area (TPSA) is 106 Å². The van der Waals surface area contributed by atoms with Crippen LogP contribution in [0, 0.1) is 5.82 Å². The van der Waals surface area contributed by atoms with Crippen LogP contribution in [0.4, 0.5) is 4.39 Å². The molecule has 0 heterocycles. The van der Waals surface area contributed by atoms with E-state index < -0.39 is 23.7 Å². The van der Waals surface area contributed by atoms with Gasteiger partial charge in [0, 0.05) is 6.42 Å². The molecule has 0 aliphatic heterocycles. The number of hydrogen-bond donors (Lipinski definition) is 3. The third-order valence-corrected chi connectivity index (χ3v) is 2.05. The average Bonchev–Trinajstić information content (AvgIpc) is 2.20. The van der Waals surface area contributed by atoms with E-state index in [1.54, 1.807) is 0 Å². The molecular formula is C10H11FN2O3. The third-order valence-electron chi connectivity index (χ3n) is 2.05. The Balaban J connectivity index is 2.95. The van der Waals surface area contributed by atoms with E-state index >= 15 is 0 Å². The van der Waals surface area contributed by atoms with Crippen LogP contribution in [0.25, 0.3) is 0 Å². The van der Waals surface area contributed by atoms with Gasteiger partial charge in [-0.3, -0.25) is 9.59 Å². The summed E-state index contributed by atoms with van der Waals surface area (Å²) in [5.41, 5.74) is 9.92. The van der Waals surface area contributed by atoms with Gasteiger partial charge in [-0.05, 0) is 17.7 Å². The van der Waals surface area contributed by atoms with E-state index in [1.807, 2.05) is 0 Å². The largest absolute Gasteiger partial charge is 0.383 e. The number of aliphatic hydroxyl groups is 1. The second kappa shape index (κ2) is 4.71. The van der Waals surface area contributed by atoms with Crippen molar-refractivity contribution in [2.75, 3.05) is 0 Å². The van der Waals surface area contributed by atoms with Crippen molar-refractivity contribution in [2.24, 2.45) is 11.5 Å². The molecule has 0 radical (unpaired) electrons. The maximum absolute atomic E-state index is 13.1. The summed E-state index contributed by atoms with van der Waals surface area (Å²) in [6.07, 6.45) is -1.46. The average molecular weight is 226 g/mol. The van der Waals surface area contributed by atoms with Crippen molar-refractivity contribution in [3.63, 3.8) is 0 Å². The number of amides is 2. The highest BCUT2D eigenvalue weighted by Gasteiger charge is 2.14. The molecule has 0 aliphatic rings. The molecular weight excluding hydrogens is 215 g/mol. The van der Waals surface area contributed by atoms with E-state index in [4.69, 9.17) is 11.5 Å². The first kappa shape index (κ1) is 12.1. The summed E-state index contributed by atoms with van der Waals surface area (Å²) < 4.78 is 13.1. The predicted molar refractivity (Wildman–Crippen MR) is 53.8 cm³/mol. The van der Waals surface area contributed by atoms with Gasteiger partial charge in [0.1, 0.15) is 11.9 Å². The maximum atomic E-state index is 13.1. The van der Waals surface area contributed by atoms with Crippen molar-refractivity contribution in [2.45, 2.75) is 12.5 Å². The summed E-state index contributed by atoms with van der Waals surface area (Å²) in [6, 6.07) is 3.57. The zero-order valence-electron chi connectivity index (χ0n) is 8.31. The summed E-state index contributed by atoms with van der Waals surface area (Å²) in [7, 11) is 0. The molecule has 6 heteroatoms. The van der Waals surface area contributed by atoms with E-state index in [0.717, 1.165) is 6.07 Å². The van der Waals surface area contributed by atoms with Gasteiger partial charge in [0.2, 0.25) is 5.91 Å². The zero-order valence-corrected chi connectivity index (χ0v) is 8.31. The number of primary amides is 2. The second-order valence-corrected chi connectivity index (χ2v) is 3.30. The van der Waals surface area contributed by atoms with Crippen LogP contribution in [0.5, 0.6) is 0 Å². The zero-order chi connectivity index (χ0) is 12.3. The molecule has 1 unspecified atom stereocenters. The minimum atomic E-state index is -1.37. The van der Waals surface area contributed by atoms with Crippen molar-refractivity contribution >= 4 is 11.8 Å². The Morgan fingerprint density at radius 1 is 1.38 bits per heavy atom. The molecule has 2 amide bonds. The lowest BCUT2D eigenvalue weighted by Crippen LogP contribution is -2.30. The van der Waals surface area contributed by atoms with Crippen molar-refractivity contribution in [1.82, 2.24) is 0 Å². The Bertz CT molecular complexity index is 434. The van der Waals surface area contributed by atoms with Crippen molar-refractivity contribution in [1.29, 1.82) is 0 Å². The number of aliphatic hydroxyl groups excluding tert-OH is 1. The molecule has 86 valence electrons. The van der Waals surface area contributed by atoms with E-state index in [-0.39, 0.29) is 12.0 Å². The molecule has 16 heavy (non-hydrogen) atoms. The summed E-state index contributed by atoms with van der Waals surface area (Å²) in [6.45, 7) is 0. The van der Waals surface area contributed by atoms with Crippen LogP contribution in [0.3, 0.4) is 0 Å². The van der Waals surface area contributed by atoms with Gasteiger partial charge in [-0.1, -0.05) is 6.07 Å². The van der Waals surface area contributed by atoms with Gasteiger partial charge < -0.3 is 16.6 Å². The molecule has 5 nitrogen and oxygen atoms in total. The third kappa shape index (κ3) is 2.77. The summed E-state index contributed by atoms with van der Waals surface area (Å²) in [5.74, 6) is -2.54. The fourth-order valence-electron chi connectivity index (χ4n) is 1.21. The van der Waals surface area contributed by atoms with E-state index in [9.17, 15) is 19.1 Å². The molecule has 1 aromatic carbocycles. The Kier molecular flexibility index (Phi) is 3.57. The maximum Gasteiger partial charge on any atom is 0.251 e. The van der Waals surface area contributed by atoms with Gasteiger partial charge in [-0.25, -0.2) is 4.39 Å². The number of nitrogens with two attached hydrogens (primary N) is 2. The van der Waals surface area contributed by atoms with Gasteiger partial charge in [0.15, 0.2) is 0 Å². The Labute approximate surface area is 90.9 Å². The lowest BCUT2D eigenvalue weighted by atomic mass is 10.0. The summed E-state index contributed by atoms with van der Waals surface area (Å²) >= 11 is 0. The highest BCUT2D eigenvalue weighted by molar-refractivity contribution is 5.93. The molecule has 1 aromatic rings. The van der Waals surface area contributed by atoms with Crippen LogP contribution in [-0.2, 0) is 11.2 Å². The predicted octanol–water partition coefficient (Wildman–Crippen LogP) is -0.687. The number of benzene rings is 1. The first-order valence-electron chi connectivity index (χ1n) is 4.47. The fourth-order valence-corrected chi connectivity index (χ4v) is 1.21. The van der Waals surface area contributed by atoms with Crippen molar-refractivity contribution in [3.8, 4) is 0 Å². The molecule has 0 aliphatic carbocycles. The Morgan fingerprint density at radius 2 is 2.00 bits per heavy atom. The Hall–Kier alpha value is -1.95. The number of hydrogen-bond acceptors (Lipinski definition) is 3. The van der Waals surface area contributed by atoms with Gasteiger partial charge in [0.25, 0.3) is 5.91 Å².